The van der Waals surface area contributed by atoms with Gasteiger partial charge < -0.3 is 15.3 Å². The van der Waals surface area contributed by atoms with Gasteiger partial charge in [0.15, 0.2) is 0 Å². The van der Waals surface area contributed by atoms with E-state index in [1.807, 2.05) is 44.1 Å². The van der Waals surface area contributed by atoms with Crippen molar-refractivity contribution >= 4 is 17.3 Å². The summed E-state index contributed by atoms with van der Waals surface area (Å²) in [4.78, 5) is 2.04. The monoisotopic (exact) mass is 242 g/mol. The first-order valence-corrected chi connectivity index (χ1v) is 5.75. The second-order valence-electron chi connectivity index (χ2n) is 3.91. The zero-order chi connectivity index (χ0) is 12.1. The fourth-order valence-corrected chi connectivity index (χ4v) is 1.83. The van der Waals surface area contributed by atoms with E-state index in [0.29, 0.717) is 0 Å². The van der Waals surface area contributed by atoms with Crippen LogP contribution >= 0.6 is 11.6 Å². The third kappa shape index (κ3) is 2.88. The Balaban J connectivity index is 3.06. The normalized spacial score (nSPS) is 12.6. The Kier molecular flexibility index (Phi) is 5.06. The van der Waals surface area contributed by atoms with Crippen molar-refractivity contribution in [3.63, 3.8) is 0 Å². The Labute approximate surface area is 102 Å². The lowest BCUT2D eigenvalue weighted by molar-refractivity contribution is 0.270. The quantitative estimate of drug-likeness (QED) is 0.828. The summed E-state index contributed by atoms with van der Waals surface area (Å²) in [6, 6.07) is 5.91. The molecule has 4 heteroatoms. The van der Waals surface area contributed by atoms with Crippen molar-refractivity contribution < 1.29 is 5.11 Å². The molecule has 1 rings (SSSR count). The van der Waals surface area contributed by atoms with Crippen molar-refractivity contribution in [1.29, 1.82) is 0 Å². The van der Waals surface area contributed by atoms with E-state index in [9.17, 15) is 0 Å². The molecule has 1 unspecified atom stereocenters. The Morgan fingerprint density at radius 2 is 2.19 bits per heavy atom. The van der Waals surface area contributed by atoms with E-state index in [1.165, 1.54) is 0 Å². The van der Waals surface area contributed by atoms with Crippen LogP contribution in [-0.4, -0.2) is 31.9 Å². The van der Waals surface area contributed by atoms with Gasteiger partial charge in [0.2, 0.25) is 0 Å². The number of hydrogen-bond donors (Lipinski definition) is 2. The van der Waals surface area contributed by atoms with Gasteiger partial charge in [-0.15, -0.1) is 0 Å². The molecule has 0 amide bonds. The van der Waals surface area contributed by atoms with Crippen molar-refractivity contribution in [1.82, 2.24) is 5.32 Å². The molecule has 0 fully saturated rings. The lowest BCUT2D eigenvalue weighted by Crippen LogP contribution is -2.32. The van der Waals surface area contributed by atoms with Crippen molar-refractivity contribution in [3.05, 3.63) is 28.8 Å². The molecular weight excluding hydrogens is 224 g/mol. The van der Waals surface area contributed by atoms with Crippen molar-refractivity contribution in [2.24, 2.45) is 0 Å². The lowest BCUT2D eigenvalue weighted by Gasteiger charge is -2.28. The molecule has 0 heterocycles. The number of aliphatic hydroxyl groups excluding tert-OH is 1. The van der Waals surface area contributed by atoms with E-state index in [2.05, 4.69) is 5.32 Å². The highest BCUT2D eigenvalue weighted by atomic mass is 35.5. The third-order valence-corrected chi connectivity index (χ3v) is 3.11. The molecule has 0 spiro atoms. The first kappa shape index (κ1) is 13.3. The average Bonchev–Trinajstić information content (AvgIpc) is 2.30. The zero-order valence-corrected chi connectivity index (χ0v) is 10.8. The van der Waals surface area contributed by atoms with Crippen LogP contribution in [0.15, 0.2) is 18.2 Å². The maximum Gasteiger partial charge on any atom is 0.0632 e. The minimum Gasteiger partial charge on any atom is -0.394 e. The van der Waals surface area contributed by atoms with Crippen LogP contribution in [0.1, 0.15) is 12.5 Å². The molecule has 1 aromatic carbocycles. The lowest BCUT2D eigenvalue weighted by atomic mass is 10.1. The van der Waals surface area contributed by atoms with Crippen molar-refractivity contribution in [3.8, 4) is 0 Å². The van der Waals surface area contributed by atoms with Gasteiger partial charge in [0.25, 0.3) is 0 Å². The maximum absolute atomic E-state index is 9.17. The molecule has 1 aromatic rings. The number of hydrogen-bond acceptors (Lipinski definition) is 3. The summed E-state index contributed by atoms with van der Waals surface area (Å²) < 4.78 is 0. The van der Waals surface area contributed by atoms with Gasteiger partial charge in [-0.05, 0) is 26.1 Å². The van der Waals surface area contributed by atoms with Crippen LogP contribution in [0.25, 0.3) is 0 Å². The van der Waals surface area contributed by atoms with Crippen LogP contribution in [0.2, 0.25) is 5.02 Å². The smallest absolute Gasteiger partial charge is 0.0632 e. The zero-order valence-electron chi connectivity index (χ0n) is 10.00. The van der Waals surface area contributed by atoms with Gasteiger partial charge in [0.05, 0.1) is 6.61 Å². The second kappa shape index (κ2) is 6.09. The molecule has 0 aliphatic carbocycles. The third-order valence-electron chi connectivity index (χ3n) is 2.75. The summed E-state index contributed by atoms with van der Waals surface area (Å²) in [6.07, 6.45) is 0. The van der Waals surface area contributed by atoms with E-state index in [1.54, 1.807) is 0 Å². The van der Waals surface area contributed by atoms with Gasteiger partial charge in [0.1, 0.15) is 0 Å². The molecule has 16 heavy (non-hydrogen) atoms. The van der Waals surface area contributed by atoms with Crippen LogP contribution in [0.3, 0.4) is 0 Å². The molecule has 1 atom stereocenters. The number of likely N-dealkylation sites (N-methyl/N-ethyl adjacent to an activating group) is 1. The molecular formula is C12H19ClN2O. The molecule has 0 aliphatic heterocycles. The van der Waals surface area contributed by atoms with Crippen LogP contribution in [0, 0.1) is 0 Å². The SMILES string of the molecule is CNCc1c(Cl)cccc1N(C)C(C)CO. The summed E-state index contributed by atoms with van der Waals surface area (Å²) in [5.41, 5.74) is 2.12. The molecule has 0 radical (unpaired) electrons. The van der Waals surface area contributed by atoms with E-state index in [0.717, 1.165) is 22.8 Å². The number of nitrogens with zero attached hydrogens (tertiary/aromatic N) is 1. The minimum atomic E-state index is 0.0778. The Morgan fingerprint density at radius 1 is 1.50 bits per heavy atom. The first-order chi connectivity index (χ1) is 7.61. The summed E-state index contributed by atoms with van der Waals surface area (Å²) in [5, 5.41) is 13.0. The Bertz CT molecular complexity index is 344. The van der Waals surface area contributed by atoms with Crippen LogP contribution in [0.5, 0.6) is 0 Å². The van der Waals surface area contributed by atoms with E-state index < -0.39 is 0 Å². The summed E-state index contributed by atoms with van der Waals surface area (Å²) in [5.74, 6) is 0. The molecule has 0 aromatic heterocycles. The average molecular weight is 243 g/mol. The van der Waals surface area contributed by atoms with Crippen LogP contribution in [-0.2, 0) is 6.54 Å². The standard InChI is InChI=1S/C12H19ClN2O/c1-9(8-16)15(3)12-6-4-5-11(13)10(12)7-14-2/h4-6,9,14,16H,7-8H2,1-3H3. The second-order valence-corrected chi connectivity index (χ2v) is 4.32. The summed E-state index contributed by atoms with van der Waals surface area (Å²) in [6.45, 7) is 2.82. The topological polar surface area (TPSA) is 35.5 Å². The van der Waals surface area contributed by atoms with Crippen molar-refractivity contribution in [2.45, 2.75) is 19.5 Å². The van der Waals surface area contributed by atoms with Crippen molar-refractivity contribution in [2.75, 3.05) is 25.6 Å². The number of rotatable bonds is 5. The van der Waals surface area contributed by atoms with E-state index >= 15 is 0 Å². The summed E-state index contributed by atoms with van der Waals surface area (Å²) in [7, 11) is 3.86. The molecule has 0 bridgehead atoms. The highest BCUT2D eigenvalue weighted by Crippen LogP contribution is 2.27. The number of anilines is 1. The van der Waals surface area contributed by atoms with Gasteiger partial charge in [-0.2, -0.15) is 0 Å². The van der Waals surface area contributed by atoms with Crippen LogP contribution < -0.4 is 10.2 Å². The number of nitrogens with one attached hydrogen (secondary N) is 1. The maximum atomic E-state index is 9.17. The number of halogens is 1. The largest absolute Gasteiger partial charge is 0.394 e. The van der Waals surface area contributed by atoms with Gasteiger partial charge in [-0.1, -0.05) is 17.7 Å². The highest BCUT2D eigenvalue weighted by molar-refractivity contribution is 6.31. The Hall–Kier alpha value is -0.770. The fourth-order valence-electron chi connectivity index (χ4n) is 1.59. The summed E-state index contributed by atoms with van der Waals surface area (Å²) >= 11 is 6.17. The minimum absolute atomic E-state index is 0.0778. The molecule has 3 nitrogen and oxygen atoms in total. The Morgan fingerprint density at radius 3 is 2.75 bits per heavy atom. The van der Waals surface area contributed by atoms with Crippen LogP contribution in [0.4, 0.5) is 5.69 Å². The predicted octanol–water partition coefficient (Wildman–Crippen LogP) is 1.88. The molecule has 0 saturated carbocycles. The molecule has 0 saturated heterocycles. The van der Waals surface area contributed by atoms with Gasteiger partial charge in [0, 0.05) is 35.9 Å². The molecule has 0 aliphatic rings. The van der Waals surface area contributed by atoms with E-state index in [4.69, 9.17) is 16.7 Å². The molecule has 2 N–H and O–H groups in total. The highest BCUT2D eigenvalue weighted by Gasteiger charge is 2.14. The predicted molar refractivity (Wildman–Crippen MR) is 69.2 cm³/mol. The first-order valence-electron chi connectivity index (χ1n) is 5.37. The van der Waals surface area contributed by atoms with E-state index in [-0.39, 0.29) is 12.6 Å². The van der Waals surface area contributed by atoms with Gasteiger partial charge >= 0.3 is 0 Å². The fraction of sp³-hybridized carbons (Fsp3) is 0.500. The number of benzene rings is 1. The molecule has 90 valence electrons. The number of aliphatic hydroxyl groups is 1. The van der Waals surface area contributed by atoms with Gasteiger partial charge in [-0.3, -0.25) is 0 Å². The van der Waals surface area contributed by atoms with Gasteiger partial charge in [-0.25, -0.2) is 0 Å².